The van der Waals surface area contributed by atoms with Gasteiger partial charge in [-0.05, 0) is 53.8 Å². The molecule has 1 saturated heterocycles. The number of urea groups is 1. The van der Waals surface area contributed by atoms with Crippen LogP contribution in [0.3, 0.4) is 0 Å². The van der Waals surface area contributed by atoms with Crippen LogP contribution in [-0.2, 0) is 9.53 Å². The normalized spacial score (nSPS) is 23.6. The van der Waals surface area contributed by atoms with E-state index in [4.69, 9.17) is 4.74 Å². The van der Waals surface area contributed by atoms with E-state index in [0.29, 0.717) is 19.4 Å². The van der Waals surface area contributed by atoms with Crippen molar-refractivity contribution in [1.29, 1.82) is 0 Å². The van der Waals surface area contributed by atoms with E-state index in [1.54, 1.807) is 0 Å². The molecule has 3 amide bonds. The molecule has 3 atom stereocenters. The molecule has 0 unspecified atom stereocenters. The Morgan fingerprint density at radius 1 is 1.28 bits per heavy atom. The van der Waals surface area contributed by atoms with Gasteiger partial charge in [-0.1, -0.05) is 0 Å². The predicted molar refractivity (Wildman–Crippen MR) is 96.4 cm³/mol. The Bertz CT molecular complexity index is 417. The molecule has 1 aliphatic heterocycles. The van der Waals surface area contributed by atoms with Crippen molar-refractivity contribution in [2.24, 2.45) is 0 Å². The van der Waals surface area contributed by atoms with Gasteiger partial charge in [0.2, 0.25) is 5.91 Å². The van der Waals surface area contributed by atoms with Crippen LogP contribution in [0.4, 0.5) is 4.79 Å². The molecule has 0 aliphatic carbocycles. The molecular weight excluding hydrogens is 324 g/mol. The topological polar surface area (TPSA) is 103 Å². The molecule has 0 aromatic heterocycles. The van der Waals surface area contributed by atoms with E-state index in [2.05, 4.69) is 20.9 Å². The van der Waals surface area contributed by atoms with Crippen molar-refractivity contribution in [3.8, 4) is 0 Å². The van der Waals surface area contributed by atoms with Crippen molar-refractivity contribution in [2.45, 2.75) is 63.8 Å². The Labute approximate surface area is 150 Å². The summed E-state index contributed by atoms with van der Waals surface area (Å²) in [7, 11) is 4.00. The lowest BCUT2D eigenvalue weighted by Gasteiger charge is -2.36. The molecule has 0 aromatic rings. The molecule has 1 heterocycles. The number of amides is 3. The third-order valence-corrected chi connectivity index (χ3v) is 4.05. The third kappa shape index (κ3) is 9.04. The summed E-state index contributed by atoms with van der Waals surface area (Å²) >= 11 is 0. The largest absolute Gasteiger partial charge is 0.394 e. The Morgan fingerprint density at radius 2 is 2.00 bits per heavy atom. The molecule has 8 nitrogen and oxygen atoms in total. The van der Waals surface area contributed by atoms with E-state index in [0.717, 1.165) is 13.0 Å². The number of nitrogens with one attached hydrogen (secondary N) is 3. The summed E-state index contributed by atoms with van der Waals surface area (Å²) in [6, 6.07) is -0.469. The van der Waals surface area contributed by atoms with Crippen molar-refractivity contribution >= 4 is 11.9 Å². The zero-order valence-electron chi connectivity index (χ0n) is 15.9. The Balaban J connectivity index is 2.34. The number of aliphatic hydroxyl groups is 1. The number of ether oxygens (including phenoxy) is 1. The number of nitrogens with zero attached hydrogens (tertiary/aromatic N) is 1. The first-order valence-electron chi connectivity index (χ1n) is 9.06. The molecule has 8 heteroatoms. The van der Waals surface area contributed by atoms with Crippen LogP contribution < -0.4 is 16.0 Å². The summed E-state index contributed by atoms with van der Waals surface area (Å²) in [6.45, 7) is 5.15. The number of carbonyl (C=O) groups excluding carboxylic acids is 2. The van der Waals surface area contributed by atoms with Gasteiger partial charge in [-0.25, -0.2) is 4.79 Å². The van der Waals surface area contributed by atoms with Crippen LogP contribution in [0.25, 0.3) is 0 Å². The van der Waals surface area contributed by atoms with Gasteiger partial charge in [-0.3, -0.25) is 4.79 Å². The van der Waals surface area contributed by atoms with Gasteiger partial charge >= 0.3 is 6.03 Å². The molecule has 25 heavy (non-hydrogen) atoms. The standard InChI is InChI=1S/C17H34N4O4/c1-12(2)19-17(24)20-14-7-6-13(25-15(14)11-22)10-16(23)18-8-5-9-21(3)4/h12-15,22H,5-11H2,1-4H3,(H,18,23)(H2,19,20,24)/t13-,14-,15+/m1/s1. The highest BCUT2D eigenvalue weighted by Gasteiger charge is 2.32. The number of rotatable bonds is 9. The highest BCUT2D eigenvalue weighted by molar-refractivity contribution is 5.76. The van der Waals surface area contributed by atoms with Gasteiger partial charge in [0.25, 0.3) is 0 Å². The fraction of sp³-hybridized carbons (Fsp3) is 0.882. The second-order valence-electron chi connectivity index (χ2n) is 7.15. The maximum Gasteiger partial charge on any atom is 0.315 e. The Kier molecular flexibility index (Phi) is 9.77. The van der Waals surface area contributed by atoms with Gasteiger partial charge in [0.05, 0.1) is 25.2 Å². The van der Waals surface area contributed by atoms with Crippen LogP contribution >= 0.6 is 0 Å². The first-order valence-corrected chi connectivity index (χ1v) is 9.06. The lowest BCUT2D eigenvalue weighted by molar-refractivity contribution is -0.130. The monoisotopic (exact) mass is 358 g/mol. The van der Waals surface area contributed by atoms with Crippen LogP contribution in [-0.4, -0.2) is 80.0 Å². The van der Waals surface area contributed by atoms with Gasteiger partial charge in [0.15, 0.2) is 0 Å². The van der Waals surface area contributed by atoms with Crippen molar-refractivity contribution in [3.63, 3.8) is 0 Å². The van der Waals surface area contributed by atoms with E-state index in [9.17, 15) is 14.7 Å². The van der Waals surface area contributed by atoms with Crippen LogP contribution in [0.5, 0.6) is 0 Å². The minimum atomic E-state index is -0.488. The fourth-order valence-electron chi connectivity index (χ4n) is 2.82. The van der Waals surface area contributed by atoms with Crippen molar-refractivity contribution in [2.75, 3.05) is 33.8 Å². The van der Waals surface area contributed by atoms with Gasteiger partial charge in [0, 0.05) is 12.6 Å². The van der Waals surface area contributed by atoms with Crippen LogP contribution in [0.2, 0.25) is 0 Å². The first-order chi connectivity index (χ1) is 11.8. The molecule has 146 valence electrons. The average molecular weight is 358 g/mol. The summed E-state index contributed by atoms with van der Waals surface area (Å²) in [5.41, 5.74) is 0. The maximum absolute atomic E-state index is 12.0. The molecule has 1 aliphatic rings. The summed E-state index contributed by atoms with van der Waals surface area (Å²) in [5.74, 6) is -0.0376. The smallest absolute Gasteiger partial charge is 0.315 e. The van der Waals surface area contributed by atoms with Crippen molar-refractivity contribution < 1.29 is 19.4 Å². The van der Waals surface area contributed by atoms with E-state index < -0.39 is 6.10 Å². The van der Waals surface area contributed by atoms with E-state index in [1.165, 1.54) is 0 Å². The third-order valence-electron chi connectivity index (χ3n) is 4.05. The van der Waals surface area contributed by atoms with Crippen molar-refractivity contribution in [3.05, 3.63) is 0 Å². The van der Waals surface area contributed by atoms with E-state index in [1.807, 2.05) is 27.9 Å². The number of hydrogen-bond donors (Lipinski definition) is 4. The summed E-state index contributed by atoms with van der Waals surface area (Å²) in [5, 5.41) is 18.0. The van der Waals surface area contributed by atoms with Gasteiger partial charge in [0.1, 0.15) is 6.10 Å². The van der Waals surface area contributed by atoms with E-state index in [-0.39, 0.29) is 43.2 Å². The zero-order valence-corrected chi connectivity index (χ0v) is 15.9. The number of aliphatic hydroxyl groups excluding tert-OH is 1. The molecule has 0 saturated carbocycles. The Hall–Kier alpha value is -1.38. The van der Waals surface area contributed by atoms with Gasteiger partial charge in [-0.15, -0.1) is 0 Å². The minimum Gasteiger partial charge on any atom is -0.394 e. The zero-order chi connectivity index (χ0) is 18.8. The molecule has 4 N–H and O–H groups in total. The lowest BCUT2D eigenvalue weighted by atomic mass is 9.97. The van der Waals surface area contributed by atoms with Gasteiger partial charge < -0.3 is 30.7 Å². The quantitative estimate of drug-likeness (QED) is 0.437. The SMILES string of the molecule is CC(C)NC(=O)N[C@@H]1CC[C@H](CC(=O)NCCCN(C)C)O[C@H]1CO. The molecule has 0 bridgehead atoms. The summed E-state index contributed by atoms with van der Waals surface area (Å²) < 4.78 is 5.81. The molecule has 0 aromatic carbocycles. The number of hydrogen-bond acceptors (Lipinski definition) is 5. The lowest BCUT2D eigenvalue weighted by Crippen LogP contribution is -2.54. The fourth-order valence-corrected chi connectivity index (χ4v) is 2.82. The average Bonchev–Trinajstić information content (AvgIpc) is 2.52. The second-order valence-corrected chi connectivity index (χ2v) is 7.15. The predicted octanol–water partition coefficient (Wildman–Crippen LogP) is 0.0605. The summed E-state index contributed by atoms with van der Waals surface area (Å²) in [4.78, 5) is 25.9. The molecule has 1 fully saturated rings. The second kappa shape index (κ2) is 11.3. The summed E-state index contributed by atoms with van der Waals surface area (Å²) in [6.07, 6.45) is 1.82. The molecule has 1 rings (SSSR count). The highest BCUT2D eigenvalue weighted by Crippen LogP contribution is 2.21. The minimum absolute atomic E-state index is 0.0376. The van der Waals surface area contributed by atoms with Crippen LogP contribution in [0, 0.1) is 0 Å². The molecular formula is C17H34N4O4. The molecule has 0 radical (unpaired) electrons. The highest BCUT2D eigenvalue weighted by atomic mass is 16.5. The first kappa shape index (κ1) is 21.7. The molecule has 0 spiro atoms. The number of carbonyl (C=O) groups is 2. The van der Waals surface area contributed by atoms with Gasteiger partial charge in [-0.2, -0.15) is 0 Å². The Morgan fingerprint density at radius 3 is 2.60 bits per heavy atom. The van der Waals surface area contributed by atoms with E-state index >= 15 is 0 Å². The van der Waals surface area contributed by atoms with Crippen LogP contribution in [0.15, 0.2) is 0 Å². The van der Waals surface area contributed by atoms with Crippen LogP contribution in [0.1, 0.15) is 39.5 Å². The van der Waals surface area contributed by atoms with Crippen molar-refractivity contribution in [1.82, 2.24) is 20.9 Å². The maximum atomic E-state index is 12.0.